The number of hydrogen-bond donors (Lipinski definition) is 3. The molecule has 0 unspecified atom stereocenters. The van der Waals surface area contributed by atoms with Crippen LogP contribution in [-0.2, 0) is 17.9 Å². The summed E-state index contributed by atoms with van der Waals surface area (Å²) in [6.45, 7) is 5.84. The highest BCUT2D eigenvalue weighted by Gasteiger charge is 2.50. The third-order valence-corrected chi connectivity index (χ3v) is 3.63. The van der Waals surface area contributed by atoms with Crippen molar-refractivity contribution in [3.05, 3.63) is 11.3 Å². The molecular weight excluding hydrogens is 204 g/mol. The molecule has 0 radical (unpaired) electrons. The Hall–Kier alpha value is -1.36. The van der Waals surface area contributed by atoms with E-state index in [9.17, 15) is 4.79 Å². The highest BCUT2D eigenvalue weighted by molar-refractivity contribution is 5.94. The van der Waals surface area contributed by atoms with Crippen molar-refractivity contribution in [1.29, 1.82) is 0 Å². The van der Waals surface area contributed by atoms with E-state index in [-0.39, 0.29) is 17.2 Å². The first-order chi connectivity index (χ1) is 7.58. The maximum atomic E-state index is 11.9. The van der Waals surface area contributed by atoms with E-state index in [1.165, 1.54) is 0 Å². The summed E-state index contributed by atoms with van der Waals surface area (Å²) in [5.41, 5.74) is 2.36. The van der Waals surface area contributed by atoms with Crippen LogP contribution in [0.15, 0.2) is 0 Å². The van der Waals surface area contributed by atoms with Gasteiger partial charge in [-0.15, -0.1) is 0 Å². The van der Waals surface area contributed by atoms with Gasteiger partial charge in [-0.2, -0.15) is 5.10 Å². The predicted octanol–water partition coefficient (Wildman–Crippen LogP) is 0.997. The van der Waals surface area contributed by atoms with Crippen molar-refractivity contribution in [2.75, 3.05) is 5.32 Å². The van der Waals surface area contributed by atoms with Gasteiger partial charge in [-0.25, -0.2) is 0 Å². The minimum Gasteiger partial charge on any atom is -0.309 e. The molecule has 1 aromatic rings. The Morgan fingerprint density at radius 1 is 1.50 bits per heavy atom. The molecule has 5 nitrogen and oxygen atoms in total. The molecule has 1 atom stereocenters. The van der Waals surface area contributed by atoms with Crippen LogP contribution in [-0.4, -0.2) is 16.1 Å². The van der Waals surface area contributed by atoms with Crippen LogP contribution in [0.5, 0.6) is 0 Å². The lowest BCUT2D eigenvalue weighted by Gasteiger charge is -2.04. The molecule has 3 rings (SSSR count). The van der Waals surface area contributed by atoms with Crippen molar-refractivity contribution >= 4 is 11.7 Å². The Morgan fingerprint density at radius 2 is 2.25 bits per heavy atom. The molecule has 1 aromatic heterocycles. The number of hydrogen-bond acceptors (Lipinski definition) is 3. The second-order valence-corrected chi connectivity index (χ2v) is 5.37. The minimum atomic E-state index is 0.103. The fourth-order valence-corrected chi connectivity index (χ4v) is 2.27. The second kappa shape index (κ2) is 3.07. The number of nitrogens with zero attached hydrogens (tertiary/aromatic N) is 1. The molecule has 1 saturated carbocycles. The maximum absolute atomic E-state index is 11.9. The first-order valence-corrected chi connectivity index (χ1v) is 5.65. The Labute approximate surface area is 94.0 Å². The maximum Gasteiger partial charge on any atom is 0.229 e. The fourth-order valence-electron chi connectivity index (χ4n) is 2.27. The summed E-state index contributed by atoms with van der Waals surface area (Å²) >= 11 is 0. The lowest BCUT2D eigenvalue weighted by atomic mass is 10.1. The third kappa shape index (κ3) is 1.43. The van der Waals surface area contributed by atoms with Gasteiger partial charge in [0.1, 0.15) is 0 Å². The van der Waals surface area contributed by atoms with E-state index < -0.39 is 0 Å². The van der Waals surface area contributed by atoms with Crippen molar-refractivity contribution in [2.24, 2.45) is 11.3 Å². The van der Waals surface area contributed by atoms with Crippen molar-refractivity contribution < 1.29 is 4.79 Å². The molecule has 1 fully saturated rings. The predicted molar refractivity (Wildman–Crippen MR) is 59.6 cm³/mol. The van der Waals surface area contributed by atoms with Crippen LogP contribution < -0.4 is 10.6 Å². The zero-order valence-corrected chi connectivity index (χ0v) is 9.55. The molecule has 1 amide bonds. The molecule has 1 aliphatic carbocycles. The average molecular weight is 220 g/mol. The highest BCUT2D eigenvalue weighted by atomic mass is 16.2. The number of carbonyl (C=O) groups excluding carboxylic acids is 1. The van der Waals surface area contributed by atoms with Crippen LogP contribution in [0.2, 0.25) is 0 Å². The molecule has 5 heteroatoms. The number of anilines is 1. The second-order valence-electron chi connectivity index (χ2n) is 5.37. The van der Waals surface area contributed by atoms with Gasteiger partial charge < -0.3 is 10.6 Å². The van der Waals surface area contributed by atoms with E-state index in [0.717, 1.165) is 30.8 Å². The Kier molecular flexibility index (Phi) is 1.89. The molecular formula is C11H16N4O. The van der Waals surface area contributed by atoms with Crippen LogP contribution in [0.3, 0.4) is 0 Å². The summed E-state index contributed by atoms with van der Waals surface area (Å²) in [6.07, 6.45) is 0.976. The van der Waals surface area contributed by atoms with Crippen LogP contribution in [0, 0.1) is 11.3 Å². The first kappa shape index (κ1) is 9.84. The summed E-state index contributed by atoms with van der Waals surface area (Å²) < 4.78 is 0. The number of nitrogens with one attached hydrogen (secondary N) is 3. The number of carbonyl (C=O) groups is 1. The zero-order chi connectivity index (χ0) is 11.3. The Morgan fingerprint density at radius 3 is 2.94 bits per heavy atom. The molecule has 3 N–H and O–H groups in total. The molecule has 0 bridgehead atoms. The van der Waals surface area contributed by atoms with Gasteiger partial charge in [0.05, 0.1) is 5.69 Å². The molecule has 86 valence electrons. The van der Waals surface area contributed by atoms with E-state index >= 15 is 0 Å². The molecule has 1 aliphatic heterocycles. The largest absolute Gasteiger partial charge is 0.309 e. The summed E-state index contributed by atoms with van der Waals surface area (Å²) in [5, 5.41) is 13.2. The van der Waals surface area contributed by atoms with Crippen LogP contribution in [0.25, 0.3) is 0 Å². The number of aromatic nitrogens is 2. The zero-order valence-electron chi connectivity index (χ0n) is 9.55. The molecule has 2 heterocycles. The number of aromatic amines is 1. The Balaban J connectivity index is 1.73. The molecule has 0 saturated heterocycles. The molecule has 0 aromatic carbocycles. The summed E-state index contributed by atoms with van der Waals surface area (Å²) in [4.78, 5) is 11.9. The number of amides is 1. The van der Waals surface area contributed by atoms with Gasteiger partial charge in [-0.3, -0.25) is 9.89 Å². The number of fused-ring (bicyclic) bond motifs is 1. The highest BCUT2D eigenvalue weighted by Crippen LogP contribution is 2.52. The summed E-state index contributed by atoms with van der Waals surface area (Å²) in [6, 6.07) is 0. The molecule has 0 spiro atoms. The van der Waals surface area contributed by atoms with Gasteiger partial charge in [0.2, 0.25) is 5.91 Å². The standard InChI is InChI=1S/C11H16N4O/c1-11(2)3-7(11)10(16)13-9-6-4-12-5-8(6)14-15-9/h7,12H,3-5H2,1-2H3,(H2,13,14,15,16)/t7-/m1/s1. The van der Waals surface area contributed by atoms with Crippen molar-refractivity contribution in [1.82, 2.24) is 15.5 Å². The topological polar surface area (TPSA) is 69.8 Å². The van der Waals surface area contributed by atoms with Crippen LogP contribution in [0.4, 0.5) is 5.82 Å². The number of H-pyrrole nitrogens is 1. The normalized spacial score (nSPS) is 25.2. The third-order valence-electron chi connectivity index (χ3n) is 3.63. The van der Waals surface area contributed by atoms with E-state index in [0.29, 0.717) is 5.82 Å². The van der Waals surface area contributed by atoms with Crippen molar-refractivity contribution in [2.45, 2.75) is 33.4 Å². The van der Waals surface area contributed by atoms with Crippen LogP contribution >= 0.6 is 0 Å². The SMILES string of the molecule is CC1(C)C[C@@H]1C(=O)Nc1n[nH]c2c1CNC2. The van der Waals surface area contributed by atoms with Crippen molar-refractivity contribution in [3.63, 3.8) is 0 Å². The van der Waals surface area contributed by atoms with E-state index in [1.54, 1.807) is 0 Å². The number of rotatable bonds is 2. The van der Waals surface area contributed by atoms with E-state index in [1.807, 2.05) is 0 Å². The lowest BCUT2D eigenvalue weighted by Crippen LogP contribution is -2.18. The average Bonchev–Trinajstić information content (AvgIpc) is 2.65. The van der Waals surface area contributed by atoms with E-state index in [2.05, 4.69) is 34.7 Å². The fraction of sp³-hybridized carbons (Fsp3) is 0.636. The summed E-state index contributed by atoms with van der Waals surface area (Å²) in [5.74, 6) is 0.952. The lowest BCUT2D eigenvalue weighted by molar-refractivity contribution is -0.118. The molecule has 2 aliphatic rings. The van der Waals surface area contributed by atoms with Gasteiger partial charge in [0.15, 0.2) is 5.82 Å². The van der Waals surface area contributed by atoms with Crippen molar-refractivity contribution in [3.8, 4) is 0 Å². The smallest absolute Gasteiger partial charge is 0.229 e. The van der Waals surface area contributed by atoms with Gasteiger partial charge in [-0.05, 0) is 11.8 Å². The van der Waals surface area contributed by atoms with Gasteiger partial charge in [-0.1, -0.05) is 13.8 Å². The first-order valence-electron chi connectivity index (χ1n) is 5.65. The van der Waals surface area contributed by atoms with Crippen LogP contribution in [0.1, 0.15) is 31.5 Å². The minimum absolute atomic E-state index is 0.103. The van der Waals surface area contributed by atoms with Gasteiger partial charge in [0, 0.05) is 24.6 Å². The van der Waals surface area contributed by atoms with E-state index in [4.69, 9.17) is 0 Å². The summed E-state index contributed by atoms with van der Waals surface area (Å²) in [7, 11) is 0. The van der Waals surface area contributed by atoms with Gasteiger partial charge in [0.25, 0.3) is 0 Å². The molecule has 16 heavy (non-hydrogen) atoms. The monoisotopic (exact) mass is 220 g/mol. The quantitative estimate of drug-likeness (QED) is 0.696. The van der Waals surface area contributed by atoms with Gasteiger partial charge >= 0.3 is 0 Å². The Bertz CT molecular complexity index is 449.